The molecule has 0 amide bonds. The molecule has 0 heterocycles. The minimum Gasteiger partial charge on any atom is -0.508 e. The monoisotopic (exact) mass is 390 g/mol. The number of carbonyl (C=O) groups is 1. The van der Waals surface area contributed by atoms with E-state index in [1.807, 2.05) is 6.07 Å². The minimum absolute atomic E-state index is 0.112. The maximum Gasteiger partial charge on any atom is 0.306 e. The van der Waals surface area contributed by atoms with Gasteiger partial charge in [-0.05, 0) is 40.9 Å². The van der Waals surface area contributed by atoms with E-state index in [2.05, 4.69) is 48.5 Å². The summed E-state index contributed by atoms with van der Waals surface area (Å²) in [4.78, 5) is 12.2. The summed E-state index contributed by atoms with van der Waals surface area (Å²) >= 11 is 0. The maximum atomic E-state index is 12.2. The fourth-order valence-corrected chi connectivity index (χ4v) is 3.84. The smallest absolute Gasteiger partial charge is 0.306 e. The molecule has 0 atom stereocenters. The molecule has 0 fully saturated rings. The van der Waals surface area contributed by atoms with Gasteiger partial charge in [0.2, 0.25) is 0 Å². The van der Waals surface area contributed by atoms with Gasteiger partial charge in [0.1, 0.15) is 5.75 Å². The van der Waals surface area contributed by atoms with Crippen molar-refractivity contribution in [3.8, 4) is 5.75 Å². The van der Waals surface area contributed by atoms with Crippen LogP contribution in [0.15, 0.2) is 12.1 Å². The molecule has 3 nitrogen and oxygen atoms in total. The topological polar surface area (TPSA) is 46.5 Å². The Hall–Kier alpha value is -1.51. The molecular formula is C25H42O3. The van der Waals surface area contributed by atoms with E-state index >= 15 is 0 Å². The van der Waals surface area contributed by atoms with Gasteiger partial charge >= 0.3 is 5.97 Å². The van der Waals surface area contributed by atoms with Crippen LogP contribution in [0.4, 0.5) is 0 Å². The first-order chi connectivity index (χ1) is 13.0. The summed E-state index contributed by atoms with van der Waals surface area (Å²) in [6.45, 7) is 15.6. The van der Waals surface area contributed by atoms with E-state index in [0.717, 1.165) is 29.5 Å². The summed E-state index contributed by atoms with van der Waals surface area (Å²) in [7, 11) is 0. The lowest BCUT2D eigenvalue weighted by Crippen LogP contribution is -2.24. The molecule has 0 saturated heterocycles. The quantitative estimate of drug-likeness (QED) is 0.352. The summed E-state index contributed by atoms with van der Waals surface area (Å²) in [5.41, 5.74) is 2.99. The first-order valence-corrected chi connectivity index (χ1v) is 11.0. The van der Waals surface area contributed by atoms with Gasteiger partial charge in [0.05, 0.1) is 6.61 Å². The van der Waals surface area contributed by atoms with Gasteiger partial charge < -0.3 is 9.84 Å². The third-order valence-electron chi connectivity index (χ3n) is 5.13. The lowest BCUT2D eigenvalue weighted by molar-refractivity contribution is -0.143. The summed E-state index contributed by atoms with van der Waals surface area (Å²) in [6, 6.07) is 3.74. The molecule has 0 radical (unpaired) electrons. The molecule has 1 N–H and O–H groups in total. The van der Waals surface area contributed by atoms with E-state index in [1.54, 1.807) is 6.07 Å². The lowest BCUT2D eigenvalue weighted by atomic mass is 9.72. The number of hydrogen-bond acceptors (Lipinski definition) is 3. The Morgan fingerprint density at radius 3 is 2.04 bits per heavy atom. The number of esters is 1. The van der Waals surface area contributed by atoms with E-state index in [-0.39, 0.29) is 16.8 Å². The second kappa shape index (κ2) is 10.9. The van der Waals surface area contributed by atoms with Crippen molar-refractivity contribution in [3.63, 3.8) is 0 Å². The number of ether oxygens (including phenoxy) is 1. The SMILES string of the molecule is CCCCCCCCOC(=O)CCc1ccc(O)c(C(C)(C)C)c1C(C)(C)C. The van der Waals surface area contributed by atoms with Gasteiger partial charge in [0, 0.05) is 12.0 Å². The third kappa shape index (κ3) is 7.85. The van der Waals surface area contributed by atoms with Gasteiger partial charge in [-0.15, -0.1) is 0 Å². The van der Waals surface area contributed by atoms with Gasteiger partial charge in [-0.3, -0.25) is 4.79 Å². The number of benzene rings is 1. The number of rotatable bonds is 10. The minimum atomic E-state index is -0.166. The van der Waals surface area contributed by atoms with E-state index in [9.17, 15) is 9.90 Å². The van der Waals surface area contributed by atoms with E-state index in [4.69, 9.17) is 4.74 Å². The summed E-state index contributed by atoms with van der Waals surface area (Å²) in [5.74, 6) is 0.214. The van der Waals surface area contributed by atoms with Crippen molar-refractivity contribution in [2.24, 2.45) is 0 Å². The number of phenols is 1. The van der Waals surface area contributed by atoms with Crippen molar-refractivity contribution in [3.05, 3.63) is 28.8 Å². The number of phenolic OH excluding ortho intramolecular Hbond substituents is 1. The molecule has 1 rings (SSSR count). The normalized spacial score (nSPS) is 12.2. The van der Waals surface area contributed by atoms with Crippen molar-refractivity contribution in [2.75, 3.05) is 6.61 Å². The number of hydrogen-bond donors (Lipinski definition) is 1. The Kier molecular flexibility index (Phi) is 9.53. The largest absolute Gasteiger partial charge is 0.508 e. The van der Waals surface area contributed by atoms with Crippen LogP contribution in [0.25, 0.3) is 0 Å². The number of aryl methyl sites for hydroxylation is 1. The van der Waals surface area contributed by atoms with Crippen LogP contribution in [-0.2, 0) is 26.8 Å². The zero-order chi connectivity index (χ0) is 21.4. The molecule has 0 aliphatic heterocycles. The van der Waals surface area contributed by atoms with Crippen LogP contribution < -0.4 is 0 Å². The van der Waals surface area contributed by atoms with Crippen LogP contribution in [0.3, 0.4) is 0 Å². The number of unbranched alkanes of at least 4 members (excludes halogenated alkanes) is 5. The Labute approximate surface area is 172 Å². The first kappa shape index (κ1) is 24.5. The molecule has 1 aromatic carbocycles. The van der Waals surface area contributed by atoms with Crippen molar-refractivity contribution in [1.29, 1.82) is 0 Å². The second-order valence-corrected chi connectivity index (χ2v) is 9.98. The Bertz CT molecular complexity index is 618. The van der Waals surface area contributed by atoms with Crippen molar-refractivity contribution in [1.82, 2.24) is 0 Å². The highest BCUT2D eigenvalue weighted by molar-refractivity contribution is 5.70. The Balaban J connectivity index is 2.71. The molecule has 0 unspecified atom stereocenters. The lowest BCUT2D eigenvalue weighted by Gasteiger charge is -2.33. The van der Waals surface area contributed by atoms with E-state index < -0.39 is 0 Å². The predicted molar refractivity (Wildman–Crippen MR) is 118 cm³/mol. The summed E-state index contributed by atoms with van der Waals surface area (Å²) < 4.78 is 5.43. The van der Waals surface area contributed by atoms with E-state index in [1.165, 1.54) is 25.7 Å². The van der Waals surface area contributed by atoms with Gasteiger partial charge in [-0.2, -0.15) is 0 Å². The highest BCUT2D eigenvalue weighted by Crippen LogP contribution is 2.41. The highest BCUT2D eigenvalue weighted by Gasteiger charge is 2.30. The van der Waals surface area contributed by atoms with Gasteiger partial charge in [0.15, 0.2) is 0 Å². The van der Waals surface area contributed by atoms with Gasteiger partial charge in [-0.25, -0.2) is 0 Å². The van der Waals surface area contributed by atoms with Crippen LogP contribution in [0, 0.1) is 0 Å². The average Bonchev–Trinajstić information content (AvgIpc) is 2.57. The van der Waals surface area contributed by atoms with Gasteiger partial charge in [-0.1, -0.05) is 86.6 Å². The molecule has 0 aromatic heterocycles. The highest BCUT2D eigenvalue weighted by atomic mass is 16.5. The molecule has 0 aliphatic rings. The van der Waals surface area contributed by atoms with E-state index in [0.29, 0.717) is 25.2 Å². The van der Waals surface area contributed by atoms with Crippen LogP contribution in [0.5, 0.6) is 5.75 Å². The zero-order valence-electron chi connectivity index (χ0n) is 19.3. The molecular weight excluding hydrogens is 348 g/mol. The molecule has 0 saturated carbocycles. The van der Waals surface area contributed by atoms with Crippen LogP contribution in [0.1, 0.15) is 110 Å². The first-order valence-electron chi connectivity index (χ1n) is 11.0. The zero-order valence-corrected chi connectivity index (χ0v) is 19.3. The Morgan fingerprint density at radius 1 is 0.893 bits per heavy atom. The summed E-state index contributed by atoms with van der Waals surface area (Å²) in [5, 5.41) is 10.5. The standard InChI is InChI=1S/C25H42O3/c1-8-9-10-11-12-13-18-28-21(27)17-15-19-14-16-20(26)23(25(5,6)7)22(19)24(2,3)4/h14,16,26H,8-13,15,17-18H2,1-7H3. The van der Waals surface area contributed by atoms with Crippen LogP contribution in [0.2, 0.25) is 0 Å². The molecule has 0 spiro atoms. The summed E-state index contributed by atoms with van der Waals surface area (Å²) in [6.07, 6.45) is 8.15. The number of aromatic hydroxyl groups is 1. The molecule has 0 aliphatic carbocycles. The molecule has 1 aromatic rings. The van der Waals surface area contributed by atoms with Crippen molar-refractivity contribution >= 4 is 5.97 Å². The number of carbonyl (C=O) groups excluding carboxylic acids is 1. The second-order valence-electron chi connectivity index (χ2n) is 9.98. The van der Waals surface area contributed by atoms with Crippen molar-refractivity contribution in [2.45, 2.75) is 111 Å². The fraction of sp³-hybridized carbons (Fsp3) is 0.720. The molecule has 0 bridgehead atoms. The average molecular weight is 391 g/mol. The molecule has 160 valence electrons. The van der Waals surface area contributed by atoms with Crippen LogP contribution in [-0.4, -0.2) is 17.7 Å². The molecule has 3 heteroatoms. The molecule has 28 heavy (non-hydrogen) atoms. The van der Waals surface area contributed by atoms with Gasteiger partial charge in [0.25, 0.3) is 0 Å². The van der Waals surface area contributed by atoms with Crippen molar-refractivity contribution < 1.29 is 14.6 Å². The fourth-order valence-electron chi connectivity index (χ4n) is 3.84. The Morgan fingerprint density at radius 2 is 1.46 bits per heavy atom. The maximum absolute atomic E-state index is 12.2. The predicted octanol–water partition coefficient (Wildman–Crippen LogP) is 6.82. The van der Waals surface area contributed by atoms with Crippen LogP contribution >= 0.6 is 0 Å². The third-order valence-corrected chi connectivity index (χ3v) is 5.13.